The predicted molar refractivity (Wildman–Crippen MR) is 126 cm³/mol. The van der Waals surface area contributed by atoms with Gasteiger partial charge in [-0.1, -0.05) is 66.0 Å². The Morgan fingerprint density at radius 1 is 0.571 bits per heavy atom. The highest BCUT2D eigenvalue weighted by Crippen LogP contribution is 2.39. The first-order chi connectivity index (χ1) is 13.6. The Hall–Kier alpha value is 0.850. The summed E-state index contributed by atoms with van der Waals surface area (Å²) in [6, 6.07) is 0. The van der Waals surface area contributed by atoms with Crippen LogP contribution in [0.2, 0.25) is 0 Å². The number of halogens is 3. The summed E-state index contributed by atoms with van der Waals surface area (Å²) in [5.41, 5.74) is 0. The Bertz CT molecular complexity index is 348. The maximum atomic E-state index is 5.68. The summed E-state index contributed by atoms with van der Waals surface area (Å²) in [4.78, 5) is 0. The molecule has 0 heterocycles. The molecule has 28 heavy (non-hydrogen) atoms. The first kappa shape index (κ1) is 28.9. The predicted octanol–water partition coefficient (Wildman–Crippen LogP) is 5.16. The van der Waals surface area contributed by atoms with Gasteiger partial charge in [-0.05, 0) is 0 Å². The molecule has 164 valence electrons. The second-order valence-corrected chi connectivity index (χ2v) is 8.29. The van der Waals surface area contributed by atoms with Crippen LogP contribution < -0.4 is 0 Å². The zero-order chi connectivity index (χ0) is 21.0. The lowest BCUT2D eigenvalue weighted by Gasteiger charge is -2.19. The van der Waals surface area contributed by atoms with Crippen LogP contribution in [0.25, 0.3) is 0 Å². The van der Waals surface area contributed by atoms with Crippen LogP contribution >= 0.6 is 56.4 Å². The van der Waals surface area contributed by atoms with Crippen molar-refractivity contribution in [2.24, 2.45) is 0 Å². The Kier molecular flexibility index (Phi) is 21.7. The van der Waals surface area contributed by atoms with Crippen molar-refractivity contribution < 1.29 is 27.8 Å². The first-order valence-electron chi connectivity index (χ1n) is 8.74. The van der Waals surface area contributed by atoms with E-state index in [0.29, 0.717) is 55.6 Å². The minimum atomic E-state index is -1.53. The third kappa shape index (κ3) is 15.7. The van der Waals surface area contributed by atoms with Crippen LogP contribution in [0, 0.1) is 0 Å². The van der Waals surface area contributed by atoms with Crippen molar-refractivity contribution in [2.45, 2.75) is 18.3 Å². The second kappa shape index (κ2) is 21.1. The van der Waals surface area contributed by atoms with Crippen LogP contribution in [0.15, 0.2) is 38.0 Å². The molecule has 0 aliphatic heterocycles. The zero-order valence-corrected chi connectivity index (χ0v) is 21.6. The lowest BCUT2D eigenvalue weighted by molar-refractivity contribution is 0.0348. The minimum absolute atomic E-state index is 0.0568. The molecule has 0 rings (SSSR count). The van der Waals surface area contributed by atoms with Gasteiger partial charge < -0.3 is 27.8 Å². The molecule has 0 aromatic rings. The number of alkyl halides is 3. The molecule has 6 nitrogen and oxygen atoms in total. The molecule has 0 saturated heterocycles. The average molecular weight is 613 g/mol. The largest absolute Gasteiger partial charge is 0.371 e. The standard InChI is InChI=1S/C18H30Br3O6P/c1-4-16(13-19)22-7-10-25-28(26-11-8-23-17(5-2)14-20)27-12-9-24-18(6-3)15-21/h4-6,16-18H,1-3,7-15H2. The van der Waals surface area contributed by atoms with Crippen molar-refractivity contribution in [2.75, 3.05) is 55.6 Å². The van der Waals surface area contributed by atoms with Gasteiger partial charge in [-0.3, -0.25) is 0 Å². The smallest absolute Gasteiger partial charge is 0.332 e. The van der Waals surface area contributed by atoms with Crippen molar-refractivity contribution in [1.82, 2.24) is 0 Å². The lowest BCUT2D eigenvalue weighted by atomic mass is 10.4. The summed E-state index contributed by atoms with van der Waals surface area (Å²) < 4.78 is 33.8. The topological polar surface area (TPSA) is 55.4 Å². The summed E-state index contributed by atoms with van der Waals surface area (Å²) in [5, 5.41) is 2.05. The molecule has 3 atom stereocenters. The van der Waals surface area contributed by atoms with Gasteiger partial charge in [0.2, 0.25) is 0 Å². The molecular formula is C18H30Br3O6P. The Balaban J connectivity index is 4.22. The first-order valence-corrected chi connectivity index (χ1v) is 13.2. The van der Waals surface area contributed by atoms with E-state index in [4.69, 9.17) is 27.8 Å². The van der Waals surface area contributed by atoms with Gasteiger partial charge in [0.15, 0.2) is 0 Å². The van der Waals surface area contributed by atoms with Gasteiger partial charge in [0.1, 0.15) is 0 Å². The van der Waals surface area contributed by atoms with Crippen molar-refractivity contribution in [3.63, 3.8) is 0 Å². The highest BCUT2D eigenvalue weighted by Gasteiger charge is 2.14. The normalized spacial score (nSPS) is 15.5. The quantitative estimate of drug-likeness (QED) is 0.0773. The summed E-state index contributed by atoms with van der Waals surface area (Å²) in [7, 11) is -1.53. The fourth-order valence-corrected chi connectivity index (χ4v) is 3.82. The fourth-order valence-electron chi connectivity index (χ4n) is 1.57. The maximum Gasteiger partial charge on any atom is 0.332 e. The molecule has 0 bridgehead atoms. The van der Waals surface area contributed by atoms with E-state index in [1.54, 1.807) is 18.2 Å². The molecule has 0 spiro atoms. The van der Waals surface area contributed by atoms with Crippen molar-refractivity contribution in [3.8, 4) is 0 Å². The number of ether oxygens (including phenoxy) is 3. The van der Waals surface area contributed by atoms with E-state index in [2.05, 4.69) is 67.5 Å². The molecule has 0 saturated carbocycles. The molecule has 0 fully saturated rings. The molecule has 0 aliphatic carbocycles. The highest BCUT2D eigenvalue weighted by molar-refractivity contribution is 9.09. The molecule has 0 N–H and O–H groups in total. The van der Waals surface area contributed by atoms with Gasteiger partial charge in [-0.15, -0.1) is 19.7 Å². The van der Waals surface area contributed by atoms with Crippen molar-refractivity contribution in [1.29, 1.82) is 0 Å². The van der Waals surface area contributed by atoms with Crippen LogP contribution in [0.4, 0.5) is 0 Å². The van der Waals surface area contributed by atoms with Gasteiger partial charge in [0.25, 0.3) is 0 Å². The molecule has 0 aromatic carbocycles. The SMILES string of the molecule is C=CC(CBr)OCCOP(OCCOC(C=C)CBr)OCCOC(C=C)CBr. The average Bonchev–Trinajstić information content (AvgIpc) is 2.73. The van der Waals surface area contributed by atoms with E-state index in [1.807, 2.05) is 0 Å². The van der Waals surface area contributed by atoms with E-state index in [9.17, 15) is 0 Å². The zero-order valence-electron chi connectivity index (χ0n) is 16.0. The van der Waals surface area contributed by atoms with Crippen LogP contribution in [0.3, 0.4) is 0 Å². The third-order valence-corrected chi connectivity index (χ3v) is 6.18. The fraction of sp³-hybridized carbons (Fsp3) is 0.667. The molecule has 10 heteroatoms. The number of rotatable bonds is 21. The van der Waals surface area contributed by atoms with Crippen LogP contribution in [-0.4, -0.2) is 73.9 Å². The van der Waals surface area contributed by atoms with Gasteiger partial charge in [0.05, 0.1) is 58.0 Å². The molecule has 0 aromatic heterocycles. The summed E-state index contributed by atoms with van der Waals surface area (Å²) >= 11 is 10.1. The van der Waals surface area contributed by atoms with Crippen LogP contribution in [0.5, 0.6) is 0 Å². The monoisotopic (exact) mass is 610 g/mol. The van der Waals surface area contributed by atoms with Gasteiger partial charge in [-0.25, -0.2) is 0 Å². The highest BCUT2D eigenvalue weighted by atomic mass is 79.9. The Labute approximate surface area is 195 Å². The van der Waals surface area contributed by atoms with E-state index in [0.717, 1.165) is 0 Å². The Morgan fingerprint density at radius 3 is 1.07 bits per heavy atom. The van der Waals surface area contributed by atoms with Gasteiger partial charge in [0, 0.05) is 16.0 Å². The lowest BCUT2D eigenvalue weighted by Crippen LogP contribution is -2.17. The maximum absolute atomic E-state index is 5.68. The number of hydrogen-bond acceptors (Lipinski definition) is 6. The van der Waals surface area contributed by atoms with Crippen molar-refractivity contribution >= 4 is 56.4 Å². The molecule has 0 amide bonds. The van der Waals surface area contributed by atoms with Gasteiger partial charge >= 0.3 is 8.60 Å². The number of hydrogen-bond donors (Lipinski definition) is 0. The molecule has 0 aliphatic rings. The van der Waals surface area contributed by atoms with E-state index in [-0.39, 0.29) is 18.3 Å². The van der Waals surface area contributed by atoms with E-state index in [1.165, 1.54) is 0 Å². The summed E-state index contributed by atoms with van der Waals surface area (Å²) in [5.74, 6) is 0. The molecule has 3 unspecified atom stereocenters. The Morgan fingerprint density at radius 2 is 0.857 bits per heavy atom. The summed E-state index contributed by atoms with van der Waals surface area (Å²) in [6.07, 6.45) is 5.04. The van der Waals surface area contributed by atoms with Crippen LogP contribution in [0.1, 0.15) is 0 Å². The second-order valence-electron chi connectivity index (χ2n) is 5.12. The van der Waals surface area contributed by atoms with Crippen molar-refractivity contribution in [3.05, 3.63) is 38.0 Å². The van der Waals surface area contributed by atoms with E-state index < -0.39 is 8.60 Å². The minimum Gasteiger partial charge on any atom is -0.371 e. The molecular weight excluding hydrogens is 583 g/mol. The molecule has 0 radical (unpaired) electrons. The van der Waals surface area contributed by atoms with E-state index >= 15 is 0 Å². The third-order valence-electron chi connectivity index (χ3n) is 3.08. The van der Waals surface area contributed by atoms with Gasteiger partial charge in [-0.2, -0.15) is 0 Å². The summed E-state index contributed by atoms with van der Waals surface area (Å²) in [6.45, 7) is 13.4. The van der Waals surface area contributed by atoms with Crippen LogP contribution in [-0.2, 0) is 27.8 Å².